The van der Waals surface area contributed by atoms with Crippen LogP contribution in [0.15, 0.2) is 157 Å². The number of hydrogen-bond acceptors (Lipinski definition) is 23. The molecule has 6 amide bonds. The lowest BCUT2D eigenvalue weighted by molar-refractivity contribution is -0.161. The number of ether oxygens (including phenoxy) is 4. The Kier molecular flexibility index (Phi) is 26.6. The molecule has 9 aromatic rings. The van der Waals surface area contributed by atoms with E-state index in [9.17, 15) is 62.8 Å². The molecule has 4 aliphatic carbocycles. The van der Waals surface area contributed by atoms with E-state index in [-0.39, 0.29) is 126 Å². The van der Waals surface area contributed by atoms with Gasteiger partial charge in [-0.1, -0.05) is 23.4 Å². The van der Waals surface area contributed by atoms with Crippen molar-refractivity contribution >= 4 is 58.2 Å². The maximum absolute atomic E-state index is 14.6. The number of anilines is 4. The number of carbonyl (C=O) groups excluding carboxylic acids is 6. The molecule has 5 atom stereocenters. The summed E-state index contributed by atoms with van der Waals surface area (Å²) >= 11 is 0. The Morgan fingerprint density at radius 1 is 0.529 bits per heavy atom. The molecule has 7 N–H and O–H groups in total. The van der Waals surface area contributed by atoms with Crippen LogP contribution in [-0.4, -0.2) is 169 Å². The Morgan fingerprint density at radius 3 is 1.47 bits per heavy atom. The molecule has 610 valence electrons. The highest BCUT2D eigenvalue weighted by atomic mass is 19.3. The lowest BCUT2D eigenvalue weighted by Crippen LogP contribution is -2.55. The first kappa shape index (κ1) is 83.3. The maximum Gasteiger partial charge on any atom is 0.301 e. The number of amides is 6. The number of pyridine rings is 3. The summed E-state index contributed by atoms with van der Waals surface area (Å²) in [5.74, 6) is -2.72. The van der Waals surface area contributed by atoms with E-state index in [0.29, 0.717) is 99.2 Å². The van der Waals surface area contributed by atoms with Crippen molar-refractivity contribution in [2.24, 2.45) is 23.7 Å². The fourth-order valence-electron chi connectivity index (χ4n) is 13.5. The molecule has 0 bridgehead atoms. The topological polar surface area (TPSA) is 427 Å². The van der Waals surface area contributed by atoms with Crippen LogP contribution >= 0.6 is 0 Å². The number of phenolic OH excluding ortho intramolecular Hbond substituents is 1. The predicted octanol–water partition coefficient (Wildman–Crippen LogP) is 11.7. The summed E-state index contributed by atoms with van der Waals surface area (Å²) < 4.78 is 71.6. The van der Waals surface area contributed by atoms with Crippen LogP contribution in [0.3, 0.4) is 0 Å². The van der Waals surface area contributed by atoms with Crippen molar-refractivity contribution < 1.29 is 80.7 Å². The zero-order chi connectivity index (χ0) is 83.9. The molecule has 3 saturated heterocycles. The average molecular weight is 1620 g/mol. The number of piperidine rings is 2. The second-order valence-corrected chi connectivity index (χ2v) is 29.6. The van der Waals surface area contributed by atoms with E-state index >= 15 is 0 Å². The van der Waals surface area contributed by atoms with Gasteiger partial charge >= 0.3 is 5.92 Å². The molecule has 3 aliphatic heterocycles. The molecule has 0 unspecified atom stereocenters. The highest BCUT2D eigenvalue weighted by molar-refractivity contribution is 5.97. The molecule has 7 fully saturated rings. The molecule has 7 heterocycles. The number of alkyl halides is 3. The Balaban J connectivity index is 0.000000139. The highest BCUT2D eigenvalue weighted by Crippen LogP contribution is 2.48. The molecular formula is C87H82F3N15O14. The summed E-state index contributed by atoms with van der Waals surface area (Å²) in [5.41, 5.74) is 9.04. The van der Waals surface area contributed by atoms with Gasteiger partial charge < -0.3 is 69.9 Å². The number of aromatic nitrogens is 5. The predicted molar refractivity (Wildman–Crippen MR) is 424 cm³/mol. The lowest BCUT2D eigenvalue weighted by Gasteiger charge is -2.38. The number of rotatable bonds is 21. The number of benzene rings is 5. The van der Waals surface area contributed by atoms with Crippen molar-refractivity contribution in [3.8, 4) is 92.2 Å². The maximum atomic E-state index is 14.6. The monoisotopic (exact) mass is 1620 g/mol. The minimum Gasteiger partial charge on any atom is -0.507 e. The number of carbonyl (C=O) groups is 6. The first-order valence-electron chi connectivity index (χ1n) is 38.8. The first-order chi connectivity index (χ1) is 57.5. The van der Waals surface area contributed by atoms with Gasteiger partial charge in [-0.05, 0) is 178 Å². The minimum atomic E-state index is -3.34. The highest BCUT2D eigenvalue weighted by Gasteiger charge is 2.49. The van der Waals surface area contributed by atoms with Gasteiger partial charge in [-0.25, -0.2) is 13.2 Å². The van der Waals surface area contributed by atoms with Gasteiger partial charge in [0.1, 0.15) is 72.7 Å². The van der Waals surface area contributed by atoms with Crippen LogP contribution in [0.4, 0.5) is 35.9 Å². The van der Waals surface area contributed by atoms with Crippen molar-refractivity contribution in [3.63, 3.8) is 0 Å². The molecule has 0 spiro atoms. The van der Waals surface area contributed by atoms with Gasteiger partial charge in [0.15, 0.2) is 18.1 Å². The standard InChI is InChI=1S/C25H24N4O4.C23H22F2N4O4.C23H23FN4O4.C16H13N3O2/c1-15-27-25(33-29-15)22-13-21(22)24(30)28-19-4-2-3-16(12-19)17-5-6-23(18(11-17)14-26)32-20-7-9-31-10-8-20;24-23(25)13-29(21(31)12-30)8-6-20(23)33-19-4-3-15(9-16(19)11-26)18-10-17(5-7-27-18)28-22(32)14-1-2-14;24-18-12-28(22(30)13-29)8-6-21(18)32-20-4-3-15(9-16(20)11-25)19-10-17(5-7-26-19)27-23(31)14-1-2-14;17-9-12-7-11(3-4-15(12)20)14-8-13(5-6-18-14)19-16(21)10-1-2-10/h2-6,11-12,20-22H,7-10,13H2,1H3,(H,28,30);3-5,7,9-10,14,20,30H,1-2,6,8,12-13H2,(H,27,28,32);3-5,7,9-10,14,18,21,29H,1-2,6,8,12-13H2,(H,26,27,31);3-8,10,20H,1-2H2,(H,18,19,21)/t21-,22-;20-;18-,21-;/m111./s1. The quantitative estimate of drug-likeness (QED) is 0.0351. The van der Waals surface area contributed by atoms with E-state index in [0.717, 1.165) is 67.4 Å². The van der Waals surface area contributed by atoms with Crippen LogP contribution in [0, 0.1) is 75.9 Å². The number of nitriles is 4. The Labute approximate surface area is 681 Å². The SMILES string of the molecule is Cc1noc([C@@H]2C[C@H]2C(=O)Nc2cccc(-c3ccc(OC4CCOCC4)c(C#N)c3)c2)n1.N#Cc1cc(-c2cc(NC(=O)C3CC3)ccn2)ccc1O.N#Cc1cc(-c2cc(NC(=O)C3CC3)ccn2)ccc1O[C@@H]1CCN(C(=O)CO)CC1(F)F.N#Cc1cc(-c2cc(NC(=O)C3CC3)ccn2)ccc1O[C@@H]1CCN(C(=O)CO)C[C@H]1F. The van der Waals surface area contributed by atoms with Crippen LogP contribution in [0.1, 0.15) is 111 Å². The fourth-order valence-corrected chi connectivity index (χ4v) is 13.5. The molecule has 5 aromatic carbocycles. The molecule has 119 heavy (non-hydrogen) atoms. The van der Waals surface area contributed by atoms with Crippen LogP contribution in [0.2, 0.25) is 0 Å². The summed E-state index contributed by atoms with van der Waals surface area (Å²) in [5, 5.41) is 80.5. The van der Waals surface area contributed by atoms with E-state index in [1.165, 1.54) is 29.3 Å². The number of likely N-dealkylation sites (tertiary alicyclic amines) is 2. The largest absolute Gasteiger partial charge is 0.507 e. The number of halogens is 3. The molecule has 29 nitrogen and oxygen atoms in total. The van der Waals surface area contributed by atoms with Gasteiger partial charge in [-0.15, -0.1) is 0 Å². The van der Waals surface area contributed by atoms with E-state index in [4.69, 9.17) is 38.9 Å². The van der Waals surface area contributed by atoms with E-state index < -0.39 is 55.9 Å². The van der Waals surface area contributed by atoms with Crippen molar-refractivity contribution in [2.75, 3.05) is 73.9 Å². The zero-order valence-electron chi connectivity index (χ0n) is 64.5. The Morgan fingerprint density at radius 2 is 0.983 bits per heavy atom. The van der Waals surface area contributed by atoms with Gasteiger partial charge in [0.2, 0.25) is 41.3 Å². The zero-order valence-corrected chi connectivity index (χ0v) is 64.5. The second kappa shape index (κ2) is 38.0. The Hall–Kier alpha value is -13.7. The molecule has 7 aliphatic rings. The van der Waals surface area contributed by atoms with Crippen molar-refractivity contribution in [3.05, 3.63) is 186 Å². The number of phenols is 1. The smallest absolute Gasteiger partial charge is 0.301 e. The third-order valence-corrected chi connectivity index (χ3v) is 20.7. The second-order valence-electron chi connectivity index (χ2n) is 29.6. The first-order valence-corrected chi connectivity index (χ1v) is 38.8. The van der Waals surface area contributed by atoms with Gasteiger partial charge in [0.25, 0.3) is 0 Å². The lowest BCUT2D eigenvalue weighted by atomic mass is 10.0. The Bertz CT molecular complexity index is 5450. The number of hydrogen-bond donors (Lipinski definition) is 7. The van der Waals surface area contributed by atoms with Gasteiger partial charge in [-0.3, -0.25) is 43.7 Å². The van der Waals surface area contributed by atoms with Crippen molar-refractivity contribution in [1.29, 1.82) is 21.0 Å². The third kappa shape index (κ3) is 21.9. The van der Waals surface area contributed by atoms with Crippen molar-refractivity contribution in [2.45, 2.75) is 114 Å². The summed E-state index contributed by atoms with van der Waals surface area (Å²) in [4.78, 5) is 90.8. The van der Waals surface area contributed by atoms with Gasteiger partial charge in [-0.2, -0.15) is 26.0 Å². The molecule has 32 heteroatoms. The third-order valence-electron chi connectivity index (χ3n) is 20.7. The van der Waals surface area contributed by atoms with E-state index in [1.54, 1.807) is 92.1 Å². The summed E-state index contributed by atoms with van der Waals surface area (Å²) in [6.07, 6.45) is 9.00. The van der Waals surface area contributed by atoms with E-state index in [1.807, 2.05) is 54.6 Å². The van der Waals surface area contributed by atoms with E-state index in [2.05, 4.69) is 58.5 Å². The number of nitrogens with one attached hydrogen (secondary N) is 4. The number of aliphatic hydroxyl groups is 2. The number of aliphatic hydroxyl groups excluding tert-OH is 2. The summed E-state index contributed by atoms with van der Waals surface area (Å²) in [7, 11) is 0. The van der Waals surface area contributed by atoms with Crippen LogP contribution in [0.5, 0.6) is 23.0 Å². The van der Waals surface area contributed by atoms with Crippen LogP contribution < -0.4 is 35.5 Å². The van der Waals surface area contributed by atoms with Crippen molar-refractivity contribution in [1.82, 2.24) is 34.9 Å². The van der Waals surface area contributed by atoms with Crippen LogP contribution in [0.25, 0.3) is 44.9 Å². The molecule has 4 saturated carbocycles. The van der Waals surface area contributed by atoms with Crippen LogP contribution in [-0.2, 0) is 33.5 Å². The fraction of sp³-hybridized carbons (Fsp3) is 0.345. The average Bonchev–Trinajstić information content (AvgIpc) is 1.65. The summed E-state index contributed by atoms with van der Waals surface area (Å²) in [6.45, 7) is 0.902. The molecular weight excluding hydrogens is 1540 g/mol. The minimum absolute atomic E-state index is 0.00359. The molecule has 16 rings (SSSR count). The molecule has 0 radical (unpaired) electrons. The van der Waals surface area contributed by atoms with Gasteiger partial charge in [0.05, 0.1) is 77.5 Å². The van der Waals surface area contributed by atoms with Gasteiger partial charge in [0, 0.05) is 115 Å². The number of nitrogens with zero attached hydrogens (tertiary/aromatic N) is 11. The molecule has 4 aromatic heterocycles. The number of aryl methyl sites for hydroxylation is 1. The number of aromatic hydroxyl groups is 1. The normalized spacial score (nSPS) is 18.8. The summed E-state index contributed by atoms with van der Waals surface area (Å²) in [6, 6.07) is 45.9.